The van der Waals surface area contributed by atoms with Crippen molar-refractivity contribution < 1.29 is 10.2 Å². The van der Waals surface area contributed by atoms with Crippen LogP contribution in [0.2, 0.25) is 0 Å². The average Bonchev–Trinajstić information content (AvgIpc) is 2.59. The first-order valence-electron chi connectivity index (χ1n) is 9.52. The summed E-state index contributed by atoms with van der Waals surface area (Å²) in [6, 6.07) is 0. The van der Waals surface area contributed by atoms with Gasteiger partial charge < -0.3 is 10.2 Å². The van der Waals surface area contributed by atoms with Gasteiger partial charge in [-0.05, 0) is 71.8 Å². The highest BCUT2D eigenvalue weighted by atomic mass is 16.3. The van der Waals surface area contributed by atoms with Crippen molar-refractivity contribution >= 4 is 0 Å². The van der Waals surface area contributed by atoms with Crippen LogP contribution >= 0.6 is 0 Å². The van der Waals surface area contributed by atoms with Gasteiger partial charge in [0.15, 0.2) is 0 Å². The minimum atomic E-state index is 0.0694. The minimum Gasteiger partial charge on any atom is -0.508 e. The van der Waals surface area contributed by atoms with Crippen LogP contribution in [-0.2, 0) is 0 Å². The summed E-state index contributed by atoms with van der Waals surface area (Å²) in [4.78, 5) is 0. The van der Waals surface area contributed by atoms with Crippen LogP contribution in [0.3, 0.4) is 0 Å². The Morgan fingerprint density at radius 3 is 1.68 bits per heavy atom. The largest absolute Gasteiger partial charge is 0.508 e. The van der Waals surface area contributed by atoms with Gasteiger partial charge in [-0.15, -0.1) is 0 Å². The lowest BCUT2D eigenvalue weighted by Crippen LogP contribution is -1.83. The molecule has 0 aromatic heterocycles. The van der Waals surface area contributed by atoms with E-state index in [0.29, 0.717) is 0 Å². The summed E-state index contributed by atoms with van der Waals surface area (Å²) in [5, 5.41) is 19.1. The summed E-state index contributed by atoms with van der Waals surface area (Å²) in [5.41, 5.74) is 6.48. The molecule has 0 heterocycles. The topological polar surface area (TPSA) is 40.5 Å². The van der Waals surface area contributed by atoms with E-state index < -0.39 is 0 Å². The third-order valence-corrected chi connectivity index (χ3v) is 3.57. The number of rotatable bonds is 9. The highest BCUT2D eigenvalue weighted by Crippen LogP contribution is 2.06. The van der Waals surface area contributed by atoms with Crippen molar-refractivity contribution in [3.05, 3.63) is 106 Å². The first-order valence-corrected chi connectivity index (χ1v) is 9.52. The quantitative estimate of drug-likeness (QED) is 0.327. The van der Waals surface area contributed by atoms with Crippen molar-refractivity contribution in [2.75, 3.05) is 6.61 Å². The molecular weight excluding hydrogens is 344 g/mol. The Hall–Kier alpha value is -2.58. The van der Waals surface area contributed by atoms with E-state index in [2.05, 4.69) is 32.9 Å². The summed E-state index contributed by atoms with van der Waals surface area (Å²) in [6.45, 7) is 14.1. The van der Waals surface area contributed by atoms with Crippen LogP contribution in [0.4, 0.5) is 0 Å². The highest BCUT2D eigenvalue weighted by molar-refractivity contribution is 5.33. The van der Waals surface area contributed by atoms with Crippen molar-refractivity contribution in [3.63, 3.8) is 0 Å². The van der Waals surface area contributed by atoms with Gasteiger partial charge >= 0.3 is 0 Å². The second-order valence-electron chi connectivity index (χ2n) is 7.30. The molecular formula is C26H36O2. The van der Waals surface area contributed by atoms with Crippen LogP contribution in [-0.4, -0.2) is 16.8 Å². The van der Waals surface area contributed by atoms with Crippen molar-refractivity contribution in [3.8, 4) is 0 Å². The molecule has 0 saturated heterocycles. The molecule has 0 saturated carbocycles. The molecule has 2 N–H and O–H groups in total. The molecule has 0 aliphatic rings. The zero-order chi connectivity index (χ0) is 21.5. The first-order chi connectivity index (χ1) is 13.1. The number of aliphatic hydroxyl groups is 2. The third kappa shape index (κ3) is 14.6. The summed E-state index contributed by atoms with van der Waals surface area (Å²) < 4.78 is 0. The molecule has 2 nitrogen and oxygen atoms in total. The smallest absolute Gasteiger partial charge is 0.115 e. The Balaban J connectivity index is 4.94. The van der Waals surface area contributed by atoms with Gasteiger partial charge in [0.2, 0.25) is 0 Å². The monoisotopic (exact) mass is 380 g/mol. The van der Waals surface area contributed by atoms with E-state index in [0.717, 1.165) is 22.3 Å². The van der Waals surface area contributed by atoms with Crippen molar-refractivity contribution in [2.45, 2.75) is 48.5 Å². The van der Waals surface area contributed by atoms with Crippen LogP contribution in [0.5, 0.6) is 0 Å². The van der Waals surface area contributed by atoms with Gasteiger partial charge in [-0.1, -0.05) is 77.0 Å². The van der Waals surface area contributed by atoms with Crippen molar-refractivity contribution in [2.24, 2.45) is 0 Å². The zero-order valence-corrected chi connectivity index (χ0v) is 18.5. The number of aliphatic hydroxyl groups excluding tert-OH is 2. The van der Waals surface area contributed by atoms with E-state index >= 15 is 0 Å². The lowest BCUT2D eigenvalue weighted by molar-refractivity contribution is 0.331. The second-order valence-corrected chi connectivity index (χ2v) is 7.30. The van der Waals surface area contributed by atoms with E-state index in [-0.39, 0.29) is 12.4 Å². The number of hydrogen-bond acceptors (Lipinski definition) is 2. The maximum atomic E-state index is 10.1. The van der Waals surface area contributed by atoms with E-state index in [4.69, 9.17) is 5.11 Å². The Labute approximate surface area is 171 Å². The summed E-state index contributed by atoms with van der Waals surface area (Å²) in [5.74, 6) is 0.211. The van der Waals surface area contributed by atoms with Gasteiger partial charge in [-0.25, -0.2) is 0 Å². The molecule has 0 aromatic rings. The van der Waals surface area contributed by atoms with Crippen LogP contribution in [0.25, 0.3) is 0 Å². The maximum Gasteiger partial charge on any atom is 0.115 e. The molecule has 0 aliphatic heterocycles. The van der Waals surface area contributed by atoms with E-state index in [1.54, 1.807) is 12.2 Å². The SMILES string of the molecule is CC(C)=C/C(C)=C/C=C/C(C)=C/C=C(O)\C=C(C)\C=C\C=C(C)\C=C(/C)CO. The second kappa shape index (κ2) is 14.5. The van der Waals surface area contributed by atoms with Gasteiger partial charge in [0.05, 0.1) is 6.61 Å². The van der Waals surface area contributed by atoms with Crippen LogP contribution in [0.15, 0.2) is 106 Å². The Bertz CT molecular complexity index is 769. The van der Waals surface area contributed by atoms with Gasteiger partial charge in [-0.3, -0.25) is 0 Å². The Kier molecular flexibility index (Phi) is 13.1. The molecule has 0 spiro atoms. The molecule has 0 aromatic carbocycles. The molecule has 28 heavy (non-hydrogen) atoms. The predicted molar refractivity (Wildman–Crippen MR) is 124 cm³/mol. The van der Waals surface area contributed by atoms with Crippen molar-refractivity contribution in [1.82, 2.24) is 0 Å². The van der Waals surface area contributed by atoms with Gasteiger partial charge in [0.25, 0.3) is 0 Å². The molecule has 152 valence electrons. The summed E-state index contributed by atoms with van der Waals surface area (Å²) >= 11 is 0. The molecule has 0 fully saturated rings. The normalized spacial score (nSPS) is 15.7. The Morgan fingerprint density at radius 1 is 0.607 bits per heavy atom. The minimum absolute atomic E-state index is 0.0694. The molecule has 0 atom stereocenters. The predicted octanol–water partition coefficient (Wildman–Crippen LogP) is 7.23. The molecule has 0 aliphatic carbocycles. The molecule has 0 radical (unpaired) electrons. The number of allylic oxidation sites excluding steroid dienone is 16. The highest BCUT2D eigenvalue weighted by Gasteiger charge is 1.89. The van der Waals surface area contributed by atoms with E-state index in [1.165, 1.54) is 11.1 Å². The van der Waals surface area contributed by atoms with Gasteiger partial charge in [0.1, 0.15) is 5.76 Å². The molecule has 0 rings (SSSR count). The summed E-state index contributed by atoms with van der Waals surface area (Å²) in [6.07, 6.45) is 21.3. The molecule has 0 unspecified atom stereocenters. The number of hydrogen-bond donors (Lipinski definition) is 2. The fraction of sp³-hybridized carbons (Fsp3) is 0.308. The maximum absolute atomic E-state index is 10.1. The van der Waals surface area contributed by atoms with Crippen LogP contribution < -0.4 is 0 Å². The van der Waals surface area contributed by atoms with E-state index in [1.807, 2.05) is 70.2 Å². The molecule has 0 bridgehead atoms. The standard InChI is InChI=1S/C26H36O2/c1-20(2)16-22(4)11-8-10-21(3)14-15-26(28)18-24(6)13-9-12-23(5)17-25(7)19-27/h8-18,27-28H,19H2,1-7H3/b10-8+,13-9+,21-14+,22-11+,23-12+,24-18+,25-17+,26-15+. The van der Waals surface area contributed by atoms with Crippen LogP contribution in [0, 0.1) is 0 Å². The molecule has 2 heteroatoms. The lowest BCUT2D eigenvalue weighted by Gasteiger charge is -1.95. The van der Waals surface area contributed by atoms with Gasteiger partial charge in [-0.2, -0.15) is 0 Å². The van der Waals surface area contributed by atoms with Crippen molar-refractivity contribution in [1.29, 1.82) is 0 Å². The lowest BCUT2D eigenvalue weighted by atomic mass is 10.1. The first kappa shape index (κ1) is 25.4. The Morgan fingerprint density at radius 2 is 1.14 bits per heavy atom. The molecule has 0 amide bonds. The summed E-state index contributed by atoms with van der Waals surface area (Å²) in [7, 11) is 0. The average molecular weight is 381 g/mol. The fourth-order valence-corrected chi connectivity index (χ4v) is 2.29. The fourth-order valence-electron chi connectivity index (χ4n) is 2.29. The zero-order valence-electron chi connectivity index (χ0n) is 18.5. The third-order valence-electron chi connectivity index (χ3n) is 3.57. The van der Waals surface area contributed by atoms with Crippen LogP contribution in [0.1, 0.15) is 48.5 Å². The van der Waals surface area contributed by atoms with E-state index in [9.17, 15) is 5.11 Å². The van der Waals surface area contributed by atoms with Gasteiger partial charge in [0, 0.05) is 0 Å².